The Morgan fingerprint density at radius 3 is 2.50 bits per heavy atom. The third-order valence-electron chi connectivity index (χ3n) is 4.43. The van der Waals surface area contributed by atoms with E-state index in [4.69, 9.17) is 4.52 Å². The van der Waals surface area contributed by atoms with Crippen LogP contribution in [-0.4, -0.2) is 35.0 Å². The van der Waals surface area contributed by atoms with Crippen LogP contribution in [0.1, 0.15) is 23.4 Å². The lowest BCUT2D eigenvalue weighted by Crippen LogP contribution is -2.35. The molecule has 0 spiro atoms. The molecule has 3 aromatic rings. The number of carbonyl (C=O) groups excluding carboxylic acids is 2. The van der Waals surface area contributed by atoms with Crippen molar-refractivity contribution in [3.63, 3.8) is 0 Å². The Morgan fingerprint density at radius 1 is 1.03 bits per heavy atom. The van der Waals surface area contributed by atoms with E-state index in [2.05, 4.69) is 20.8 Å². The van der Waals surface area contributed by atoms with E-state index in [1.165, 1.54) is 6.07 Å². The maximum Gasteiger partial charge on any atom is 0.227 e. The van der Waals surface area contributed by atoms with Crippen LogP contribution in [0.5, 0.6) is 0 Å². The van der Waals surface area contributed by atoms with Crippen molar-refractivity contribution in [2.24, 2.45) is 0 Å². The molecule has 0 fully saturated rings. The molecule has 30 heavy (non-hydrogen) atoms. The molecule has 0 aliphatic carbocycles. The second kappa shape index (κ2) is 10.3. The molecule has 0 aliphatic rings. The SMILES string of the molecule is Cc1cc(-c2noc(CCC(=O)NCCNC(=O)Cc3ccccc3)n2)ccc1F. The number of nitrogens with zero attached hydrogens (tertiary/aromatic N) is 2. The average Bonchev–Trinajstić information content (AvgIpc) is 3.21. The maximum absolute atomic E-state index is 13.4. The summed E-state index contributed by atoms with van der Waals surface area (Å²) in [4.78, 5) is 28.1. The fraction of sp³-hybridized carbons (Fsp3) is 0.273. The second-order valence-electron chi connectivity index (χ2n) is 6.84. The van der Waals surface area contributed by atoms with Gasteiger partial charge in [0, 0.05) is 31.5 Å². The van der Waals surface area contributed by atoms with E-state index in [1.54, 1.807) is 19.1 Å². The van der Waals surface area contributed by atoms with Gasteiger partial charge in [0.1, 0.15) is 5.82 Å². The standard InChI is InChI=1S/C22H23FN4O3/c1-15-13-17(7-8-18(15)23)22-26-21(30-27-22)10-9-19(28)24-11-12-25-20(29)14-16-5-3-2-4-6-16/h2-8,13H,9-12,14H2,1H3,(H,24,28)(H,25,29). The fourth-order valence-electron chi connectivity index (χ4n) is 2.81. The van der Waals surface area contributed by atoms with Gasteiger partial charge < -0.3 is 15.2 Å². The molecule has 0 saturated carbocycles. The van der Waals surface area contributed by atoms with Crippen LogP contribution in [0, 0.1) is 12.7 Å². The lowest BCUT2D eigenvalue weighted by atomic mass is 10.1. The predicted octanol–water partition coefficient (Wildman–Crippen LogP) is 2.59. The van der Waals surface area contributed by atoms with Gasteiger partial charge in [-0.05, 0) is 36.2 Å². The Morgan fingerprint density at radius 2 is 1.77 bits per heavy atom. The summed E-state index contributed by atoms with van der Waals surface area (Å²) in [5.41, 5.74) is 2.09. The predicted molar refractivity (Wildman–Crippen MR) is 109 cm³/mol. The number of hydrogen-bond acceptors (Lipinski definition) is 5. The highest BCUT2D eigenvalue weighted by Gasteiger charge is 2.12. The molecule has 0 aliphatic heterocycles. The molecule has 1 heterocycles. The second-order valence-corrected chi connectivity index (χ2v) is 6.84. The third-order valence-corrected chi connectivity index (χ3v) is 4.43. The molecule has 2 N–H and O–H groups in total. The Kier molecular flexibility index (Phi) is 7.26. The lowest BCUT2D eigenvalue weighted by molar-refractivity contribution is -0.122. The molecule has 0 unspecified atom stereocenters. The minimum Gasteiger partial charge on any atom is -0.354 e. The summed E-state index contributed by atoms with van der Waals surface area (Å²) in [7, 11) is 0. The number of halogens is 1. The van der Waals surface area contributed by atoms with E-state index in [9.17, 15) is 14.0 Å². The monoisotopic (exact) mass is 410 g/mol. The summed E-state index contributed by atoms with van der Waals surface area (Å²) in [5.74, 6) is 0.123. The van der Waals surface area contributed by atoms with Gasteiger partial charge in [-0.1, -0.05) is 35.5 Å². The van der Waals surface area contributed by atoms with Crippen molar-refractivity contribution in [2.45, 2.75) is 26.2 Å². The highest BCUT2D eigenvalue weighted by molar-refractivity contribution is 5.79. The van der Waals surface area contributed by atoms with E-state index < -0.39 is 0 Å². The average molecular weight is 410 g/mol. The summed E-state index contributed by atoms with van der Waals surface area (Å²) < 4.78 is 18.5. The molecular weight excluding hydrogens is 387 g/mol. The van der Waals surface area contributed by atoms with Crippen LogP contribution in [0.3, 0.4) is 0 Å². The first-order valence-electron chi connectivity index (χ1n) is 9.67. The van der Waals surface area contributed by atoms with E-state index in [1.807, 2.05) is 30.3 Å². The lowest BCUT2D eigenvalue weighted by Gasteiger charge is -2.07. The van der Waals surface area contributed by atoms with Crippen LogP contribution in [0.25, 0.3) is 11.4 Å². The van der Waals surface area contributed by atoms with Crippen molar-refractivity contribution in [3.8, 4) is 11.4 Å². The van der Waals surface area contributed by atoms with Gasteiger partial charge in [-0.15, -0.1) is 0 Å². The number of carbonyl (C=O) groups is 2. The number of aryl methyl sites for hydroxylation is 2. The third kappa shape index (κ3) is 6.23. The van der Waals surface area contributed by atoms with E-state index in [0.717, 1.165) is 5.56 Å². The van der Waals surface area contributed by atoms with Crippen LogP contribution >= 0.6 is 0 Å². The van der Waals surface area contributed by atoms with Gasteiger partial charge in [0.15, 0.2) is 0 Å². The van der Waals surface area contributed by atoms with Gasteiger partial charge in [-0.3, -0.25) is 9.59 Å². The largest absolute Gasteiger partial charge is 0.354 e. The van der Waals surface area contributed by atoms with Crippen LogP contribution in [0.4, 0.5) is 4.39 Å². The molecule has 2 amide bonds. The quantitative estimate of drug-likeness (QED) is 0.529. The highest BCUT2D eigenvalue weighted by atomic mass is 19.1. The Labute approximate surface area is 173 Å². The number of hydrogen-bond donors (Lipinski definition) is 2. The smallest absolute Gasteiger partial charge is 0.227 e. The molecule has 0 saturated heterocycles. The normalized spacial score (nSPS) is 10.6. The zero-order valence-electron chi connectivity index (χ0n) is 16.7. The minimum atomic E-state index is -0.296. The molecule has 2 aromatic carbocycles. The zero-order chi connectivity index (χ0) is 21.3. The molecule has 7 nitrogen and oxygen atoms in total. The van der Waals surface area contributed by atoms with Crippen molar-refractivity contribution in [1.82, 2.24) is 20.8 Å². The van der Waals surface area contributed by atoms with Gasteiger partial charge in [-0.2, -0.15) is 4.98 Å². The van der Waals surface area contributed by atoms with Crippen molar-refractivity contribution in [1.29, 1.82) is 0 Å². The maximum atomic E-state index is 13.4. The van der Waals surface area contributed by atoms with Gasteiger partial charge in [0.05, 0.1) is 6.42 Å². The minimum absolute atomic E-state index is 0.0927. The fourth-order valence-corrected chi connectivity index (χ4v) is 2.81. The molecule has 0 bridgehead atoms. The molecule has 8 heteroatoms. The van der Waals surface area contributed by atoms with Gasteiger partial charge in [-0.25, -0.2) is 4.39 Å². The zero-order valence-corrected chi connectivity index (χ0v) is 16.7. The van der Waals surface area contributed by atoms with Gasteiger partial charge >= 0.3 is 0 Å². The first-order valence-corrected chi connectivity index (χ1v) is 9.67. The van der Waals surface area contributed by atoms with E-state index in [-0.39, 0.29) is 24.1 Å². The number of benzene rings is 2. The molecule has 0 atom stereocenters. The number of aromatic nitrogens is 2. The summed E-state index contributed by atoms with van der Waals surface area (Å²) in [6.45, 7) is 2.35. The highest BCUT2D eigenvalue weighted by Crippen LogP contribution is 2.19. The van der Waals surface area contributed by atoms with Crippen LogP contribution < -0.4 is 10.6 Å². The van der Waals surface area contributed by atoms with Gasteiger partial charge in [0.25, 0.3) is 0 Å². The van der Waals surface area contributed by atoms with Crippen molar-refractivity contribution in [2.75, 3.05) is 13.1 Å². The Bertz CT molecular complexity index is 1000. The number of nitrogens with one attached hydrogen (secondary N) is 2. The number of amides is 2. The van der Waals surface area contributed by atoms with Crippen molar-refractivity contribution < 1.29 is 18.5 Å². The molecule has 0 radical (unpaired) electrons. The van der Waals surface area contributed by atoms with Crippen LogP contribution in [-0.2, 0) is 22.4 Å². The van der Waals surface area contributed by atoms with Crippen LogP contribution in [0.2, 0.25) is 0 Å². The molecular formula is C22H23FN4O3. The Balaban J connectivity index is 1.35. The number of rotatable bonds is 9. The first kappa shape index (κ1) is 21.2. The van der Waals surface area contributed by atoms with Crippen LogP contribution in [0.15, 0.2) is 53.1 Å². The molecule has 3 rings (SSSR count). The summed E-state index contributed by atoms with van der Waals surface area (Å²) in [5, 5.41) is 9.38. The summed E-state index contributed by atoms with van der Waals surface area (Å²) in [6, 6.07) is 14.0. The van der Waals surface area contributed by atoms with E-state index >= 15 is 0 Å². The topological polar surface area (TPSA) is 97.1 Å². The van der Waals surface area contributed by atoms with Gasteiger partial charge in [0.2, 0.25) is 23.5 Å². The van der Waals surface area contributed by atoms with E-state index in [0.29, 0.717) is 48.8 Å². The first-order chi connectivity index (χ1) is 14.5. The summed E-state index contributed by atoms with van der Waals surface area (Å²) >= 11 is 0. The van der Waals surface area contributed by atoms with Crippen molar-refractivity contribution >= 4 is 11.8 Å². The van der Waals surface area contributed by atoms with Crippen molar-refractivity contribution in [3.05, 3.63) is 71.4 Å². The molecule has 156 valence electrons. The molecule has 1 aromatic heterocycles. The summed E-state index contributed by atoms with van der Waals surface area (Å²) in [6.07, 6.45) is 0.781. The Hall–Kier alpha value is -3.55.